The van der Waals surface area contributed by atoms with Crippen molar-refractivity contribution in [2.45, 2.75) is 96.8 Å². The number of carbonyl (C=O) groups is 1. The van der Waals surface area contributed by atoms with Gasteiger partial charge in [-0.25, -0.2) is 4.79 Å². The first-order valence-corrected chi connectivity index (χ1v) is 11.2. The number of rotatable bonds is 17. The Kier molecular flexibility index (Phi) is 15.5. The summed E-state index contributed by atoms with van der Waals surface area (Å²) in [5.74, 6) is -0.205. The molecule has 2 heteroatoms. The molecule has 27 heavy (non-hydrogen) atoms. The summed E-state index contributed by atoms with van der Waals surface area (Å²) < 4.78 is 5.30. The van der Waals surface area contributed by atoms with Crippen LogP contribution in [0.4, 0.5) is 0 Å². The molecule has 0 heterocycles. The minimum Gasteiger partial charge on any atom is -0.462 e. The molecule has 152 valence electrons. The van der Waals surface area contributed by atoms with Crippen molar-refractivity contribution in [2.24, 2.45) is 0 Å². The van der Waals surface area contributed by atoms with Crippen LogP contribution in [0.15, 0.2) is 42.5 Å². The Morgan fingerprint density at radius 2 is 1.26 bits per heavy atom. The standard InChI is InChI=1S/C25H40O2/c1-2-3-4-5-6-7-8-9-10-11-12-13-14-15-16-20-23-27-25(26)24-21-18-17-19-22-24/h9-10,17-19,21-22H,2-8,11-16,20,23H2,1H3. The average molecular weight is 373 g/mol. The smallest absolute Gasteiger partial charge is 0.338 e. The largest absolute Gasteiger partial charge is 0.462 e. The minimum absolute atomic E-state index is 0.205. The molecule has 0 aromatic heterocycles. The second kappa shape index (κ2) is 17.8. The molecular weight excluding hydrogens is 332 g/mol. The van der Waals surface area contributed by atoms with Crippen molar-refractivity contribution in [1.29, 1.82) is 0 Å². The van der Waals surface area contributed by atoms with E-state index >= 15 is 0 Å². The molecule has 0 unspecified atom stereocenters. The van der Waals surface area contributed by atoms with Crippen LogP contribution in [0.5, 0.6) is 0 Å². The lowest BCUT2D eigenvalue weighted by Crippen LogP contribution is -2.06. The first-order valence-electron chi connectivity index (χ1n) is 11.2. The van der Waals surface area contributed by atoms with Crippen molar-refractivity contribution < 1.29 is 9.53 Å². The quantitative estimate of drug-likeness (QED) is 0.158. The number of hydrogen-bond acceptors (Lipinski definition) is 2. The van der Waals surface area contributed by atoms with Crippen molar-refractivity contribution in [3.05, 3.63) is 48.0 Å². The monoisotopic (exact) mass is 372 g/mol. The molecule has 0 N–H and O–H groups in total. The van der Waals surface area contributed by atoms with Crippen LogP contribution >= 0.6 is 0 Å². The molecule has 0 radical (unpaired) electrons. The molecule has 2 nitrogen and oxygen atoms in total. The Bertz CT molecular complexity index is 478. The lowest BCUT2D eigenvalue weighted by molar-refractivity contribution is 0.0497. The van der Waals surface area contributed by atoms with E-state index in [0.29, 0.717) is 12.2 Å². The Morgan fingerprint density at radius 3 is 1.85 bits per heavy atom. The Morgan fingerprint density at radius 1 is 0.741 bits per heavy atom. The first-order chi connectivity index (χ1) is 13.3. The van der Waals surface area contributed by atoms with Gasteiger partial charge in [-0.3, -0.25) is 0 Å². The Balaban J connectivity index is 1.80. The third-order valence-corrected chi connectivity index (χ3v) is 4.90. The van der Waals surface area contributed by atoms with Crippen molar-refractivity contribution in [3.8, 4) is 0 Å². The van der Waals surface area contributed by atoms with Gasteiger partial charge in [0.2, 0.25) is 0 Å². The molecule has 1 aromatic rings. The molecule has 0 atom stereocenters. The predicted octanol–water partition coefficient (Wildman–Crippen LogP) is 7.88. The third kappa shape index (κ3) is 14.2. The molecule has 0 spiro atoms. The molecule has 1 aromatic carbocycles. The van der Waals surface area contributed by atoms with Gasteiger partial charge < -0.3 is 4.74 Å². The van der Waals surface area contributed by atoms with E-state index in [1.807, 2.05) is 18.2 Å². The zero-order valence-corrected chi connectivity index (χ0v) is 17.5. The summed E-state index contributed by atoms with van der Waals surface area (Å²) in [5, 5.41) is 0. The van der Waals surface area contributed by atoms with Crippen LogP contribution in [0.3, 0.4) is 0 Å². The highest BCUT2D eigenvalue weighted by Gasteiger charge is 2.04. The highest BCUT2D eigenvalue weighted by molar-refractivity contribution is 5.89. The van der Waals surface area contributed by atoms with Gasteiger partial charge in [0, 0.05) is 0 Å². The van der Waals surface area contributed by atoms with Gasteiger partial charge in [0.1, 0.15) is 0 Å². The van der Waals surface area contributed by atoms with E-state index in [1.54, 1.807) is 12.1 Å². The molecule has 0 saturated carbocycles. The van der Waals surface area contributed by atoms with Gasteiger partial charge in [-0.15, -0.1) is 0 Å². The van der Waals surface area contributed by atoms with Gasteiger partial charge in [0.25, 0.3) is 0 Å². The lowest BCUT2D eigenvalue weighted by atomic mass is 10.1. The molecule has 0 fully saturated rings. The summed E-state index contributed by atoms with van der Waals surface area (Å²) in [6.45, 7) is 2.81. The minimum atomic E-state index is -0.205. The van der Waals surface area contributed by atoms with E-state index in [1.165, 1.54) is 77.0 Å². The zero-order chi connectivity index (χ0) is 19.4. The number of unbranched alkanes of at least 4 members (excludes halogenated alkanes) is 12. The number of hydrogen-bond donors (Lipinski definition) is 0. The Hall–Kier alpha value is -1.57. The van der Waals surface area contributed by atoms with E-state index in [0.717, 1.165) is 12.8 Å². The maximum Gasteiger partial charge on any atom is 0.338 e. The van der Waals surface area contributed by atoms with Crippen LogP contribution < -0.4 is 0 Å². The van der Waals surface area contributed by atoms with Crippen molar-refractivity contribution in [2.75, 3.05) is 6.61 Å². The summed E-state index contributed by atoms with van der Waals surface area (Å²) in [7, 11) is 0. The zero-order valence-electron chi connectivity index (χ0n) is 17.5. The van der Waals surface area contributed by atoms with Crippen LogP contribution in [-0.2, 0) is 4.74 Å². The van der Waals surface area contributed by atoms with Crippen molar-refractivity contribution in [1.82, 2.24) is 0 Å². The van der Waals surface area contributed by atoms with E-state index < -0.39 is 0 Å². The average Bonchev–Trinajstić information content (AvgIpc) is 2.70. The summed E-state index contributed by atoms with van der Waals surface area (Å²) in [5.41, 5.74) is 0.641. The molecule has 1 rings (SSSR count). The number of ether oxygens (including phenoxy) is 1. The SMILES string of the molecule is CCCCCCCCC=CCCCCCCCCOC(=O)c1ccccc1. The van der Waals surface area contributed by atoms with E-state index in [2.05, 4.69) is 19.1 Å². The second-order valence-corrected chi connectivity index (χ2v) is 7.44. The molecule has 0 amide bonds. The van der Waals surface area contributed by atoms with Crippen molar-refractivity contribution >= 4 is 5.97 Å². The Labute approximate surface area is 167 Å². The number of allylic oxidation sites excluding steroid dienone is 2. The maximum atomic E-state index is 11.8. The van der Waals surface area contributed by atoms with Gasteiger partial charge in [-0.1, -0.05) is 95.1 Å². The van der Waals surface area contributed by atoms with E-state index in [4.69, 9.17) is 4.74 Å². The summed E-state index contributed by atoms with van der Waals surface area (Å²) in [6.07, 6.45) is 22.8. The fourth-order valence-electron chi connectivity index (χ4n) is 3.17. The lowest BCUT2D eigenvalue weighted by Gasteiger charge is -2.04. The summed E-state index contributed by atoms with van der Waals surface area (Å²) in [4.78, 5) is 11.8. The van der Waals surface area contributed by atoms with Gasteiger partial charge in [-0.05, 0) is 44.2 Å². The first kappa shape index (κ1) is 23.5. The second-order valence-electron chi connectivity index (χ2n) is 7.44. The molecule has 0 aliphatic heterocycles. The normalized spacial score (nSPS) is 11.1. The molecule has 0 aliphatic carbocycles. The predicted molar refractivity (Wildman–Crippen MR) is 116 cm³/mol. The van der Waals surface area contributed by atoms with E-state index in [-0.39, 0.29) is 5.97 Å². The van der Waals surface area contributed by atoms with Gasteiger partial charge >= 0.3 is 5.97 Å². The van der Waals surface area contributed by atoms with Crippen LogP contribution in [0.2, 0.25) is 0 Å². The molecule has 0 saturated heterocycles. The van der Waals surface area contributed by atoms with Crippen LogP contribution in [0, 0.1) is 0 Å². The molecule has 0 bridgehead atoms. The summed E-state index contributed by atoms with van der Waals surface area (Å²) >= 11 is 0. The molecular formula is C25H40O2. The fraction of sp³-hybridized carbons (Fsp3) is 0.640. The van der Waals surface area contributed by atoms with E-state index in [9.17, 15) is 4.79 Å². The number of carbonyl (C=O) groups excluding carboxylic acids is 1. The van der Waals surface area contributed by atoms with Crippen LogP contribution in [-0.4, -0.2) is 12.6 Å². The van der Waals surface area contributed by atoms with Crippen LogP contribution in [0.1, 0.15) is 107 Å². The van der Waals surface area contributed by atoms with Crippen LogP contribution in [0.25, 0.3) is 0 Å². The topological polar surface area (TPSA) is 26.3 Å². The number of esters is 1. The van der Waals surface area contributed by atoms with Gasteiger partial charge in [-0.2, -0.15) is 0 Å². The fourth-order valence-corrected chi connectivity index (χ4v) is 3.17. The maximum absolute atomic E-state index is 11.8. The van der Waals surface area contributed by atoms with Gasteiger partial charge in [0.15, 0.2) is 0 Å². The highest BCUT2D eigenvalue weighted by atomic mass is 16.5. The third-order valence-electron chi connectivity index (χ3n) is 4.90. The number of benzene rings is 1. The highest BCUT2D eigenvalue weighted by Crippen LogP contribution is 2.10. The summed E-state index contributed by atoms with van der Waals surface area (Å²) in [6, 6.07) is 9.22. The van der Waals surface area contributed by atoms with Gasteiger partial charge in [0.05, 0.1) is 12.2 Å². The molecule has 0 aliphatic rings. The van der Waals surface area contributed by atoms with Crippen molar-refractivity contribution in [3.63, 3.8) is 0 Å².